The molecule has 60 heavy (non-hydrogen) atoms. The quantitative estimate of drug-likeness (QED) is 0.0457. The van der Waals surface area contributed by atoms with Gasteiger partial charge in [0.1, 0.15) is 16.2 Å². The van der Waals surface area contributed by atoms with E-state index in [9.17, 15) is 22.6 Å². The molecule has 1 heterocycles. The van der Waals surface area contributed by atoms with Crippen molar-refractivity contribution >= 4 is 61.3 Å². The summed E-state index contributed by atoms with van der Waals surface area (Å²) in [6.07, 6.45) is 6.66. The second-order valence-corrected chi connectivity index (χ2v) is 17.2. The number of amides is 2. The minimum atomic E-state index is -4.60. The first-order valence-corrected chi connectivity index (χ1v) is 22.3. The SMILES string of the molecule is CCCCCC(=O)Nc1c(C)cc(C)c(N=c2ccc3c(-c4ccccc4S(=O)(=O)O)c4ccc(Nc5c(C)cc(C)c(NC(=O)CCCCC)c5C)cc4oc-3c2)c1C. The van der Waals surface area contributed by atoms with E-state index in [2.05, 4.69) is 29.8 Å². The summed E-state index contributed by atoms with van der Waals surface area (Å²) in [7, 11) is -4.60. The summed E-state index contributed by atoms with van der Waals surface area (Å²) >= 11 is 0. The highest BCUT2D eigenvalue weighted by Crippen LogP contribution is 2.43. The molecule has 0 spiro atoms. The van der Waals surface area contributed by atoms with E-state index >= 15 is 0 Å². The second-order valence-electron chi connectivity index (χ2n) is 15.8. The van der Waals surface area contributed by atoms with E-state index in [4.69, 9.17) is 9.41 Å². The Bertz CT molecular complexity index is 2750. The lowest BCUT2D eigenvalue weighted by Crippen LogP contribution is -2.14. The molecule has 1 aliphatic heterocycles. The zero-order chi connectivity index (χ0) is 43.3. The van der Waals surface area contributed by atoms with E-state index in [-0.39, 0.29) is 16.7 Å². The molecule has 314 valence electrons. The van der Waals surface area contributed by atoms with Gasteiger partial charge in [0.05, 0.1) is 11.0 Å². The molecular formula is C49H56N4O6S. The summed E-state index contributed by atoms with van der Waals surface area (Å²) in [5, 5.41) is 11.1. The van der Waals surface area contributed by atoms with Crippen molar-refractivity contribution < 1.29 is 27.0 Å². The number of hydrogen-bond donors (Lipinski definition) is 4. The van der Waals surface area contributed by atoms with Gasteiger partial charge in [-0.25, -0.2) is 4.99 Å². The molecule has 0 saturated heterocycles. The maximum atomic E-state index is 12.9. The molecular weight excluding hydrogens is 773 g/mol. The van der Waals surface area contributed by atoms with Crippen LogP contribution in [0.25, 0.3) is 33.4 Å². The first-order chi connectivity index (χ1) is 28.6. The van der Waals surface area contributed by atoms with Crippen molar-refractivity contribution in [3.05, 3.63) is 112 Å². The summed E-state index contributed by atoms with van der Waals surface area (Å²) in [6, 6.07) is 21.6. The maximum absolute atomic E-state index is 12.9. The van der Waals surface area contributed by atoms with Gasteiger partial charge in [0, 0.05) is 69.8 Å². The summed E-state index contributed by atoms with van der Waals surface area (Å²) in [5.41, 5.74) is 11.4. The monoisotopic (exact) mass is 828 g/mol. The first kappa shape index (κ1) is 43.8. The Hall–Kier alpha value is -5.78. The minimum absolute atomic E-state index is 0.0117. The first-order valence-electron chi connectivity index (χ1n) is 20.8. The zero-order valence-corrected chi connectivity index (χ0v) is 36.7. The lowest BCUT2D eigenvalue weighted by Gasteiger charge is -2.20. The Morgan fingerprint density at radius 3 is 1.90 bits per heavy atom. The molecule has 11 heteroatoms. The Labute approximate surface area is 353 Å². The Morgan fingerprint density at radius 2 is 1.27 bits per heavy atom. The van der Waals surface area contributed by atoms with Crippen LogP contribution in [0, 0.1) is 41.5 Å². The molecule has 0 fully saturated rings. The van der Waals surface area contributed by atoms with Crippen molar-refractivity contribution in [3.8, 4) is 22.5 Å². The predicted molar refractivity (Wildman–Crippen MR) is 243 cm³/mol. The van der Waals surface area contributed by atoms with E-state index in [0.29, 0.717) is 57.3 Å². The van der Waals surface area contributed by atoms with Crippen molar-refractivity contribution in [1.82, 2.24) is 0 Å². The topological polar surface area (TPSA) is 150 Å². The van der Waals surface area contributed by atoms with Gasteiger partial charge in [0.15, 0.2) is 0 Å². The number of aryl methyl sites for hydroxylation is 4. The van der Waals surface area contributed by atoms with E-state index in [0.717, 1.165) is 94.7 Å². The zero-order valence-electron chi connectivity index (χ0n) is 35.9. The fourth-order valence-corrected chi connectivity index (χ4v) is 8.77. The van der Waals surface area contributed by atoms with Crippen LogP contribution >= 0.6 is 0 Å². The van der Waals surface area contributed by atoms with E-state index in [1.807, 2.05) is 90.1 Å². The van der Waals surface area contributed by atoms with Crippen LogP contribution in [0.3, 0.4) is 0 Å². The molecule has 0 radical (unpaired) electrons. The lowest BCUT2D eigenvalue weighted by atomic mass is 9.93. The van der Waals surface area contributed by atoms with Crippen LogP contribution in [0.4, 0.5) is 28.4 Å². The van der Waals surface area contributed by atoms with Crippen LogP contribution < -0.4 is 21.3 Å². The molecule has 0 saturated carbocycles. The number of nitrogens with zero attached hydrogens (tertiary/aromatic N) is 1. The average Bonchev–Trinajstić information content (AvgIpc) is 3.20. The molecule has 2 aliphatic rings. The minimum Gasteiger partial charge on any atom is -0.456 e. The molecule has 2 amide bonds. The fourth-order valence-electron chi connectivity index (χ4n) is 8.07. The van der Waals surface area contributed by atoms with E-state index < -0.39 is 10.1 Å². The second kappa shape index (κ2) is 18.6. The number of anilines is 4. The summed E-state index contributed by atoms with van der Waals surface area (Å²) in [5.74, 6) is 0.413. The molecule has 6 rings (SSSR count). The lowest BCUT2D eigenvalue weighted by molar-refractivity contribution is -0.117. The van der Waals surface area contributed by atoms with Crippen molar-refractivity contribution in [2.45, 2.75) is 112 Å². The molecule has 1 aliphatic carbocycles. The van der Waals surface area contributed by atoms with Crippen LogP contribution in [0.2, 0.25) is 0 Å². The Morgan fingerprint density at radius 1 is 0.667 bits per heavy atom. The molecule has 4 N–H and O–H groups in total. The normalized spacial score (nSPS) is 12.0. The highest BCUT2D eigenvalue weighted by molar-refractivity contribution is 7.86. The summed E-state index contributed by atoms with van der Waals surface area (Å²) < 4.78 is 42.6. The van der Waals surface area contributed by atoms with Gasteiger partial charge in [-0.15, -0.1) is 0 Å². The molecule has 0 bridgehead atoms. The maximum Gasteiger partial charge on any atom is 0.295 e. The highest BCUT2D eigenvalue weighted by atomic mass is 32.2. The third-order valence-electron chi connectivity index (χ3n) is 11.1. The molecule has 4 aromatic carbocycles. The number of carbonyl (C=O) groups excluding carboxylic acids is 2. The van der Waals surface area contributed by atoms with Gasteiger partial charge in [0.2, 0.25) is 11.8 Å². The van der Waals surface area contributed by atoms with Crippen molar-refractivity contribution in [2.75, 3.05) is 16.0 Å². The van der Waals surface area contributed by atoms with Crippen LogP contribution in [0.5, 0.6) is 0 Å². The number of carbonyl (C=O) groups is 2. The van der Waals surface area contributed by atoms with Crippen LogP contribution in [0.1, 0.15) is 98.6 Å². The van der Waals surface area contributed by atoms with Gasteiger partial charge in [0.25, 0.3) is 10.1 Å². The average molecular weight is 829 g/mol. The summed E-state index contributed by atoms with van der Waals surface area (Å²) in [6.45, 7) is 16.2. The molecule has 0 aromatic heterocycles. The number of unbranched alkanes of at least 4 members (excludes halogenated alkanes) is 4. The van der Waals surface area contributed by atoms with Gasteiger partial charge in [-0.05, 0) is 118 Å². The number of fused-ring (bicyclic) bond motifs is 2. The van der Waals surface area contributed by atoms with Gasteiger partial charge < -0.3 is 20.4 Å². The number of rotatable bonds is 15. The van der Waals surface area contributed by atoms with Gasteiger partial charge >= 0.3 is 0 Å². The molecule has 4 aromatic rings. The molecule has 0 atom stereocenters. The highest BCUT2D eigenvalue weighted by Gasteiger charge is 2.24. The van der Waals surface area contributed by atoms with Gasteiger partial charge in [-0.1, -0.05) is 69.9 Å². The van der Waals surface area contributed by atoms with Crippen LogP contribution in [-0.4, -0.2) is 24.8 Å². The smallest absolute Gasteiger partial charge is 0.295 e. The van der Waals surface area contributed by atoms with Crippen molar-refractivity contribution in [3.63, 3.8) is 0 Å². The standard InChI is InChI=1S/C49H56N4O6S/c1-9-11-13-19-43(54)52-48-31(5)25-29(3)46(33(48)7)50-35-21-23-37-40(27-35)59-41-28-36(22-24-38(41)45(37)39-17-15-16-18-42(39)60(56,57)58)51-47-30(4)26-32(6)49(34(47)8)53-44(55)20-14-12-10-2/h15-18,21-28,50H,9-14,19-20H2,1-8H3,(H,52,54)(H,53,55)(H,56,57,58). The Balaban J connectivity index is 1.49. The van der Waals surface area contributed by atoms with Crippen LogP contribution in [0.15, 0.2) is 87.1 Å². The molecule has 10 nitrogen and oxygen atoms in total. The third kappa shape index (κ3) is 9.64. The predicted octanol–water partition coefficient (Wildman–Crippen LogP) is 12.3. The number of hydrogen-bond acceptors (Lipinski definition) is 7. The molecule has 0 unspecified atom stereocenters. The largest absolute Gasteiger partial charge is 0.456 e. The van der Waals surface area contributed by atoms with E-state index in [1.54, 1.807) is 18.2 Å². The van der Waals surface area contributed by atoms with Crippen molar-refractivity contribution in [2.24, 2.45) is 4.99 Å². The Kier molecular flexibility index (Phi) is 13.6. The third-order valence-corrected chi connectivity index (χ3v) is 12.0. The van der Waals surface area contributed by atoms with Gasteiger partial charge in [-0.2, -0.15) is 8.42 Å². The number of nitrogens with one attached hydrogen (secondary N) is 3. The van der Waals surface area contributed by atoms with Crippen molar-refractivity contribution in [1.29, 1.82) is 0 Å². The fraction of sp³-hybridized carbons (Fsp3) is 0.327. The van der Waals surface area contributed by atoms with E-state index in [1.165, 1.54) is 6.07 Å². The van der Waals surface area contributed by atoms with Crippen LogP contribution in [-0.2, 0) is 19.7 Å². The number of benzene rings is 5. The summed E-state index contributed by atoms with van der Waals surface area (Å²) in [4.78, 5) is 30.6. The van der Waals surface area contributed by atoms with Gasteiger partial charge in [-0.3, -0.25) is 14.1 Å².